The molecule has 0 unspecified atom stereocenters. The third kappa shape index (κ3) is 3.50. The van der Waals surface area contributed by atoms with Crippen molar-refractivity contribution in [1.82, 2.24) is 0 Å². The molecule has 0 aliphatic carbocycles. The summed E-state index contributed by atoms with van der Waals surface area (Å²) in [6.45, 7) is 0. The lowest BCUT2D eigenvalue weighted by molar-refractivity contribution is 0.145. The van der Waals surface area contributed by atoms with Crippen LogP contribution >= 0.6 is 0 Å². The molecule has 0 saturated carbocycles. The van der Waals surface area contributed by atoms with Gasteiger partial charge in [0.05, 0.1) is 26.4 Å². The lowest BCUT2D eigenvalue weighted by Crippen LogP contribution is -2.28. The first kappa shape index (κ1) is 16.1. The van der Waals surface area contributed by atoms with E-state index in [1.165, 1.54) is 14.2 Å². The first-order valence-electron chi connectivity index (χ1n) is 6.99. The third-order valence-electron chi connectivity index (χ3n) is 3.59. The molecule has 5 nitrogen and oxygen atoms in total. The van der Waals surface area contributed by atoms with Crippen LogP contribution in [0.3, 0.4) is 0 Å². The number of rotatable bonds is 6. The first-order valence-corrected chi connectivity index (χ1v) is 6.99. The van der Waals surface area contributed by atoms with E-state index >= 15 is 0 Å². The highest BCUT2D eigenvalue weighted by atomic mass is 16.5. The fourth-order valence-corrected chi connectivity index (χ4v) is 2.31. The molecule has 0 aliphatic heterocycles. The molecule has 0 bridgehead atoms. The number of aromatic hydroxyl groups is 1. The highest BCUT2D eigenvalue weighted by Gasteiger charge is 2.21. The Labute approximate surface area is 129 Å². The van der Waals surface area contributed by atoms with Crippen LogP contribution in [0.15, 0.2) is 42.5 Å². The minimum absolute atomic E-state index is 0.0847. The standard InChI is InChI=1S/C17H21NO4/c1-21-14-9-12(10-15(22-2)17(14)20)16(18)13(19)8-11-6-4-3-5-7-11/h3-7,9-10,13,16,19-20H,8,18H2,1-2H3/t13-,16+/m0/s1. The van der Waals surface area contributed by atoms with Crippen LogP contribution in [0.4, 0.5) is 0 Å². The minimum Gasteiger partial charge on any atom is -0.502 e. The van der Waals surface area contributed by atoms with Gasteiger partial charge in [-0.25, -0.2) is 0 Å². The van der Waals surface area contributed by atoms with E-state index in [-0.39, 0.29) is 17.2 Å². The molecule has 0 amide bonds. The maximum absolute atomic E-state index is 10.4. The summed E-state index contributed by atoms with van der Waals surface area (Å²) in [6, 6.07) is 12.2. The number of aliphatic hydroxyl groups is 1. The molecule has 0 saturated heterocycles. The van der Waals surface area contributed by atoms with Crippen LogP contribution in [0.1, 0.15) is 17.2 Å². The Kier molecular flexibility index (Phi) is 5.25. The van der Waals surface area contributed by atoms with E-state index in [9.17, 15) is 10.2 Å². The van der Waals surface area contributed by atoms with E-state index in [1.807, 2.05) is 30.3 Å². The summed E-state index contributed by atoms with van der Waals surface area (Å²) >= 11 is 0. The molecule has 2 aromatic carbocycles. The molecule has 22 heavy (non-hydrogen) atoms. The van der Waals surface area contributed by atoms with Crippen LogP contribution in [-0.4, -0.2) is 30.5 Å². The Bertz CT molecular complexity index is 590. The largest absolute Gasteiger partial charge is 0.502 e. The van der Waals surface area contributed by atoms with Crippen molar-refractivity contribution in [3.8, 4) is 17.2 Å². The van der Waals surface area contributed by atoms with Gasteiger partial charge in [0.2, 0.25) is 5.75 Å². The number of ether oxygens (including phenoxy) is 2. The van der Waals surface area contributed by atoms with E-state index in [4.69, 9.17) is 15.2 Å². The van der Waals surface area contributed by atoms with Crippen molar-refractivity contribution in [2.75, 3.05) is 14.2 Å². The molecule has 4 N–H and O–H groups in total. The average Bonchev–Trinajstić information content (AvgIpc) is 2.55. The van der Waals surface area contributed by atoms with Gasteiger partial charge in [0, 0.05) is 6.42 Å². The fraction of sp³-hybridized carbons (Fsp3) is 0.294. The summed E-state index contributed by atoms with van der Waals surface area (Å²) in [5, 5.41) is 20.3. The van der Waals surface area contributed by atoms with Crippen LogP contribution < -0.4 is 15.2 Å². The average molecular weight is 303 g/mol. The van der Waals surface area contributed by atoms with Crippen molar-refractivity contribution in [2.24, 2.45) is 5.73 Å². The SMILES string of the molecule is COc1cc([C@@H](N)[C@@H](O)Cc2ccccc2)cc(OC)c1O. The molecule has 5 heteroatoms. The summed E-state index contributed by atoms with van der Waals surface area (Å²) in [5.41, 5.74) is 7.78. The summed E-state index contributed by atoms with van der Waals surface area (Å²) < 4.78 is 10.2. The summed E-state index contributed by atoms with van der Waals surface area (Å²) in [6.07, 6.45) is -0.325. The number of hydrogen-bond donors (Lipinski definition) is 3. The smallest absolute Gasteiger partial charge is 0.200 e. The van der Waals surface area contributed by atoms with Crippen LogP contribution in [0, 0.1) is 0 Å². The predicted molar refractivity (Wildman–Crippen MR) is 84.3 cm³/mol. The number of hydrogen-bond acceptors (Lipinski definition) is 5. The van der Waals surface area contributed by atoms with Gasteiger partial charge in [-0.1, -0.05) is 30.3 Å². The Hall–Kier alpha value is -2.24. The van der Waals surface area contributed by atoms with Crippen molar-refractivity contribution >= 4 is 0 Å². The first-order chi connectivity index (χ1) is 10.6. The van der Waals surface area contributed by atoms with Gasteiger partial charge < -0.3 is 25.4 Å². The van der Waals surface area contributed by atoms with Crippen molar-refractivity contribution in [1.29, 1.82) is 0 Å². The molecule has 2 atom stereocenters. The lowest BCUT2D eigenvalue weighted by atomic mass is 9.96. The molecule has 2 rings (SSSR count). The number of benzene rings is 2. The third-order valence-corrected chi connectivity index (χ3v) is 3.59. The normalized spacial score (nSPS) is 13.5. The second-order valence-electron chi connectivity index (χ2n) is 5.06. The Balaban J connectivity index is 2.23. The number of methoxy groups -OCH3 is 2. The van der Waals surface area contributed by atoms with Crippen LogP contribution in [0.25, 0.3) is 0 Å². The predicted octanol–water partition coefficient (Wildman–Crippen LogP) is 2.01. The second-order valence-corrected chi connectivity index (χ2v) is 5.06. The molecule has 0 aromatic heterocycles. The molecule has 0 spiro atoms. The van der Waals surface area contributed by atoms with E-state index in [0.29, 0.717) is 12.0 Å². The molecule has 0 radical (unpaired) electrons. The van der Waals surface area contributed by atoms with Crippen LogP contribution in [-0.2, 0) is 6.42 Å². The maximum atomic E-state index is 10.4. The molecular formula is C17H21NO4. The molecule has 0 heterocycles. The Morgan fingerprint density at radius 3 is 2.09 bits per heavy atom. The van der Waals surface area contributed by atoms with Gasteiger partial charge in [-0.3, -0.25) is 0 Å². The number of aliphatic hydroxyl groups excluding tert-OH is 1. The highest BCUT2D eigenvalue weighted by Crippen LogP contribution is 2.38. The van der Waals surface area contributed by atoms with Crippen LogP contribution in [0.5, 0.6) is 17.2 Å². The van der Waals surface area contributed by atoms with E-state index < -0.39 is 12.1 Å². The fourth-order valence-electron chi connectivity index (χ4n) is 2.31. The van der Waals surface area contributed by atoms with Gasteiger partial charge in [0.25, 0.3) is 0 Å². The maximum Gasteiger partial charge on any atom is 0.200 e. The number of nitrogens with two attached hydrogens (primary N) is 1. The summed E-state index contributed by atoms with van der Waals surface area (Å²) in [5.74, 6) is 0.437. The van der Waals surface area contributed by atoms with Gasteiger partial charge in [0.15, 0.2) is 11.5 Å². The zero-order chi connectivity index (χ0) is 16.1. The molecule has 2 aromatic rings. The second kappa shape index (κ2) is 7.15. The lowest BCUT2D eigenvalue weighted by Gasteiger charge is -2.21. The van der Waals surface area contributed by atoms with Crippen molar-refractivity contribution in [3.63, 3.8) is 0 Å². The monoisotopic (exact) mass is 303 g/mol. The topological polar surface area (TPSA) is 84.9 Å². The zero-order valence-corrected chi connectivity index (χ0v) is 12.7. The number of phenolic OH excluding ortho intramolecular Hbond substituents is 1. The zero-order valence-electron chi connectivity index (χ0n) is 12.7. The van der Waals surface area contributed by atoms with Crippen molar-refractivity contribution in [2.45, 2.75) is 18.6 Å². The summed E-state index contributed by atoms with van der Waals surface area (Å²) in [4.78, 5) is 0. The van der Waals surface area contributed by atoms with Gasteiger partial charge in [0.1, 0.15) is 0 Å². The minimum atomic E-state index is -0.763. The van der Waals surface area contributed by atoms with E-state index in [0.717, 1.165) is 5.56 Å². The quantitative estimate of drug-likeness (QED) is 0.760. The summed E-state index contributed by atoms with van der Waals surface area (Å²) in [7, 11) is 2.90. The molecule has 118 valence electrons. The van der Waals surface area contributed by atoms with E-state index in [1.54, 1.807) is 12.1 Å². The van der Waals surface area contributed by atoms with Gasteiger partial charge in [-0.05, 0) is 23.3 Å². The van der Waals surface area contributed by atoms with E-state index in [2.05, 4.69) is 0 Å². The van der Waals surface area contributed by atoms with Gasteiger partial charge in [-0.15, -0.1) is 0 Å². The Morgan fingerprint density at radius 1 is 1.05 bits per heavy atom. The van der Waals surface area contributed by atoms with Gasteiger partial charge in [-0.2, -0.15) is 0 Å². The van der Waals surface area contributed by atoms with Crippen LogP contribution in [0.2, 0.25) is 0 Å². The highest BCUT2D eigenvalue weighted by molar-refractivity contribution is 5.53. The van der Waals surface area contributed by atoms with Crippen molar-refractivity contribution in [3.05, 3.63) is 53.6 Å². The number of phenols is 1. The molecular weight excluding hydrogens is 282 g/mol. The Morgan fingerprint density at radius 2 is 1.59 bits per heavy atom. The van der Waals surface area contributed by atoms with Crippen molar-refractivity contribution < 1.29 is 19.7 Å². The molecule has 0 aliphatic rings. The van der Waals surface area contributed by atoms with Gasteiger partial charge >= 0.3 is 0 Å². The molecule has 0 fully saturated rings.